The maximum atomic E-state index is 11.9. The van der Waals surface area contributed by atoms with E-state index in [2.05, 4.69) is 10.3 Å². The second-order valence-electron chi connectivity index (χ2n) is 4.00. The Balaban J connectivity index is 1.96. The van der Waals surface area contributed by atoms with Crippen LogP contribution in [0.2, 0.25) is 5.02 Å². The van der Waals surface area contributed by atoms with Crippen molar-refractivity contribution in [3.05, 3.63) is 53.8 Å². The first kappa shape index (κ1) is 13.4. The molecule has 1 aromatic heterocycles. The third kappa shape index (κ3) is 3.96. The molecule has 0 spiro atoms. The average Bonchev–Trinajstić information content (AvgIpc) is 2.40. The molecular formula is C14H14ClN2O2+. The molecule has 0 aliphatic carbocycles. The molecule has 2 N–H and O–H groups in total. The van der Waals surface area contributed by atoms with Gasteiger partial charge in [0.25, 0.3) is 5.91 Å². The summed E-state index contributed by atoms with van der Waals surface area (Å²) in [7, 11) is 0. The summed E-state index contributed by atoms with van der Waals surface area (Å²) in [6, 6.07) is 10.5. The Morgan fingerprint density at radius 3 is 2.74 bits per heavy atom. The number of amides is 1. The Kier molecular flexibility index (Phi) is 4.36. The van der Waals surface area contributed by atoms with E-state index >= 15 is 0 Å². The van der Waals surface area contributed by atoms with Crippen molar-refractivity contribution in [1.82, 2.24) is 0 Å². The number of hydrogen-bond acceptors (Lipinski definition) is 2. The molecule has 0 aliphatic heterocycles. The molecule has 1 aromatic carbocycles. The van der Waals surface area contributed by atoms with Gasteiger partial charge in [-0.15, -0.1) is 0 Å². The van der Waals surface area contributed by atoms with Crippen LogP contribution in [-0.2, 0) is 4.79 Å². The van der Waals surface area contributed by atoms with Crippen LogP contribution in [0.4, 0.5) is 5.69 Å². The molecular weight excluding hydrogens is 264 g/mol. The van der Waals surface area contributed by atoms with Gasteiger partial charge in [-0.1, -0.05) is 17.7 Å². The summed E-state index contributed by atoms with van der Waals surface area (Å²) in [5, 5.41) is 3.33. The van der Waals surface area contributed by atoms with Gasteiger partial charge >= 0.3 is 0 Å². The number of aromatic nitrogens is 1. The Bertz CT molecular complexity index is 560. The summed E-state index contributed by atoms with van der Waals surface area (Å²) in [6.45, 7) is 1.69. The number of carbonyl (C=O) groups is 1. The quantitative estimate of drug-likeness (QED) is 0.934. The van der Waals surface area contributed by atoms with Crippen LogP contribution in [0.15, 0.2) is 48.8 Å². The van der Waals surface area contributed by atoms with Crippen molar-refractivity contribution in [3.8, 4) is 5.75 Å². The maximum Gasteiger partial charge on any atom is 0.265 e. The monoisotopic (exact) mass is 277 g/mol. The van der Waals surface area contributed by atoms with E-state index in [0.717, 1.165) is 0 Å². The third-order valence-corrected chi connectivity index (χ3v) is 2.70. The number of rotatable bonds is 4. The first-order chi connectivity index (χ1) is 9.15. The Morgan fingerprint density at radius 2 is 2.05 bits per heavy atom. The van der Waals surface area contributed by atoms with E-state index < -0.39 is 6.10 Å². The minimum atomic E-state index is -0.609. The maximum absolute atomic E-state index is 11.9. The molecule has 2 aromatic rings. The third-order valence-electron chi connectivity index (χ3n) is 2.46. The number of carbonyl (C=O) groups excluding carboxylic acids is 1. The molecule has 98 valence electrons. The van der Waals surface area contributed by atoms with E-state index in [4.69, 9.17) is 16.3 Å². The van der Waals surface area contributed by atoms with Gasteiger partial charge in [0.1, 0.15) is 5.75 Å². The number of anilines is 1. The van der Waals surface area contributed by atoms with Crippen LogP contribution < -0.4 is 15.0 Å². The summed E-state index contributed by atoms with van der Waals surface area (Å²) in [5.74, 6) is 0.350. The largest absolute Gasteiger partial charge is 0.481 e. The highest BCUT2D eigenvalue weighted by molar-refractivity contribution is 6.30. The first-order valence-corrected chi connectivity index (χ1v) is 6.22. The van der Waals surface area contributed by atoms with Crippen molar-refractivity contribution >= 4 is 23.2 Å². The Morgan fingerprint density at radius 1 is 1.32 bits per heavy atom. The predicted molar refractivity (Wildman–Crippen MR) is 73.2 cm³/mol. The van der Waals surface area contributed by atoms with Crippen LogP contribution in [0.5, 0.6) is 5.75 Å². The van der Waals surface area contributed by atoms with Gasteiger partial charge in [0.15, 0.2) is 18.5 Å². The molecule has 2 rings (SSSR count). The van der Waals surface area contributed by atoms with Crippen molar-refractivity contribution in [2.45, 2.75) is 13.0 Å². The molecule has 1 unspecified atom stereocenters. The summed E-state index contributed by atoms with van der Waals surface area (Å²) < 4.78 is 5.52. The highest BCUT2D eigenvalue weighted by Crippen LogP contribution is 2.18. The number of benzene rings is 1. The van der Waals surface area contributed by atoms with E-state index in [9.17, 15) is 4.79 Å². The summed E-state index contributed by atoms with van der Waals surface area (Å²) in [4.78, 5) is 14.8. The second-order valence-corrected chi connectivity index (χ2v) is 4.43. The number of nitrogens with one attached hydrogen (secondary N) is 2. The number of ether oxygens (including phenoxy) is 1. The fraction of sp³-hybridized carbons (Fsp3) is 0.143. The van der Waals surface area contributed by atoms with Crippen molar-refractivity contribution in [2.75, 3.05) is 5.32 Å². The Hall–Kier alpha value is -2.07. The molecule has 0 saturated heterocycles. The number of hydrogen-bond donors (Lipinski definition) is 1. The summed E-state index contributed by atoms with van der Waals surface area (Å²) in [5.41, 5.74) is 0.713. The van der Waals surface area contributed by atoms with E-state index in [0.29, 0.717) is 16.5 Å². The molecule has 19 heavy (non-hydrogen) atoms. The van der Waals surface area contributed by atoms with Gasteiger partial charge in [-0.3, -0.25) is 4.79 Å². The fourth-order valence-electron chi connectivity index (χ4n) is 1.51. The van der Waals surface area contributed by atoms with Crippen LogP contribution in [-0.4, -0.2) is 12.0 Å². The summed E-state index contributed by atoms with van der Waals surface area (Å²) >= 11 is 5.85. The number of H-pyrrole nitrogens is 1. The van der Waals surface area contributed by atoms with E-state index in [1.54, 1.807) is 55.7 Å². The molecule has 0 radical (unpaired) electrons. The van der Waals surface area contributed by atoms with Crippen molar-refractivity contribution in [1.29, 1.82) is 0 Å². The molecule has 1 atom stereocenters. The van der Waals surface area contributed by atoms with E-state index in [1.807, 2.05) is 0 Å². The lowest BCUT2D eigenvalue weighted by Gasteiger charge is -2.14. The van der Waals surface area contributed by atoms with Gasteiger partial charge in [-0.05, 0) is 25.1 Å². The van der Waals surface area contributed by atoms with Gasteiger partial charge in [0.2, 0.25) is 0 Å². The molecule has 0 aliphatic rings. The summed E-state index contributed by atoms with van der Waals surface area (Å²) in [6.07, 6.45) is 2.86. The van der Waals surface area contributed by atoms with Crippen molar-refractivity contribution in [2.24, 2.45) is 0 Å². The minimum Gasteiger partial charge on any atom is -0.481 e. The Labute approximate surface area is 116 Å². The van der Waals surface area contributed by atoms with Crippen LogP contribution in [0.3, 0.4) is 0 Å². The van der Waals surface area contributed by atoms with E-state index in [-0.39, 0.29) is 5.91 Å². The van der Waals surface area contributed by atoms with Gasteiger partial charge in [-0.2, -0.15) is 0 Å². The van der Waals surface area contributed by atoms with Gasteiger partial charge < -0.3 is 10.1 Å². The normalized spacial score (nSPS) is 11.7. The topological polar surface area (TPSA) is 52.5 Å². The first-order valence-electron chi connectivity index (χ1n) is 5.84. The number of aromatic amines is 1. The molecule has 4 nitrogen and oxygen atoms in total. The van der Waals surface area contributed by atoms with Crippen LogP contribution >= 0.6 is 11.6 Å². The molecule has 1 amide bonds. The van der Waals surface area contributed by atoms with Crippen LogP contribution in [0.1, 0.15) is 6.92 Å². The zero-order valence-corrected chi connectivity index (χ0v) is 11.1. The highest BCUT2D eigenvalue weighted by atomic mass is 35.5. The molecule has 0 bridgehead atoms. The number of halogens is 1. The second kappa shape index (κ2) is 6.20. The lowest BCUT2D eigenvalue weighted by Crippen LogP contribution is -2.30. The zero-order chi connectivity index (χ0) is 13.7. The molecule has 0 saturated carbocycles. The minimum absolute atomic E-state index is 0.217. The lowest BCUT2D eigenvalue weighted by atomic mass is 10.3. The number of pyridine rings is 1. The van der Waals surface area contributed by atoms with Gasteiger partial charge in [0, 0.05) is 17.2 Å². The van der Waals surface area contributed by atoms with Crippen LogP contribution in [0, 0.1) is 0 Å². The van der Waals surface area contributed by atoms with Crippen LogP contribution in [0.25, 0.3) is 0 Å². The molecule has 1 heterocycles. The highest BCUT2D eigenvalue weighted by Gasteiger charge is 2.15. The van der Waals surface area contributed by atoms with Gasteiger partial charge in [-0.25, -0.2) is 4.98 Å². The van der Waals surface area contributed by atoms with E-state index in [1.165, 1.54) is 0 Å². The average molecular weight is 278 g/mol. The molecule has 0 fully saturated rings. The smallest absolute Gasteiger partial charge is 0.265 e. The van der Waals surface area contributed by atoms with Gasteiger partial charge in [0.05, 0.1) is 5.69 Å². The SMILES string of the molecule is CC(Oc1cccc(Cl)c1)C(=O)Nc1cc[nH+]cc1. The lowest BCUT2D eigenvalue weighted by molar-refractivity contribution is -0.377. The molecule has 5 heteroatoms. The van der Waals surface area contributed by atoms with Crippen molar-refractivity contribution in [3.63, 3.8) is 0 Å². The standard InChI is InChI=1S/C14H13ClN2O2/c1-10(19-13-4-2-3-11(15)9-13)14(18)17-12-5-7-16-8-6-12/h2-10H,1H3,(H,16,17,18)/p+1. The fourth-order valence-corrected chi connectivity index (χ4v) is 1.69. The van der Waals surface area contributed by atoms with Crippen molar-refractivity contribution < 1.29 is 14.5 Å². The predicted octanol–water partition coefficient (Wildman–Crippen LogP) is 2.56. The zero-order valence-electron chi connectivity index (χ0n) is 10.4.